The molecule has 1 aliphatic carbocycles. The van der Waals surface area contributed by atoms with Gasteiger partial charge in [0.2, 0.25) is 5.28 Å². The third kappa shape index (κ3) is 5.45. The predicted octanol–water partition coefficient (Wildman–Crippen LogP) is -0.347. The first-order valence-electron chi connectivity index (χ1n) is 9.48. The van der Waals surface area contributed by atoms with Gasteiger partial charge >= 0.3 is 15.2 Å². The van der Waals surface area contributed by atoms with Gasteiger partial charge in [0.05, 0.1) is 6.61 Å². The molecule has 0 bridgehead atoms. The van der Waals surface area contributed by atoms with Gasteiger partial charge in [-0.05, 0) is 30.4 Å². The number of hydrogen-bond acceptors (Lipinski definition) is 11. The Bertz CT molecular complexity index is 1090. The van der Waals surface area contributed by atoms with Crippen LogP contribution >= 0.6 is 26.8 Å². The maximum Gasteiger partial charge on any atom is 0.340 e. The van der Waals surface area contributed by atoms with E-state index in [-0.39, 0.29) is 16.4 Å². The summed E-state index contributed by atoms with van der Waals surface area (Å²) in [4.78, 5) is 35.5. The second kappa shape index (κ2) is 8.84. The van der Waals surface area contributed by atoms with Crippen molar-refractivity contribution in [3.63, 3.8) is 0 Å². The van der Waals surface area contributed by atoms with Gasteiger partial charge in [0.25, 0.3) is 0 Å². The van der Waals surface area contributed by atoms with Gasteiger partial charge in [0.1, 0.15) is 18.3 Å². The Hall–Kier alpha value is -1.25. The van der Waals surface area contributed by atoms with Gasteiger partial charge in [-0.15, -0.1) is 5.10 Å². The van der Waals surface area contributed by atoms with Crippen LogP contribution in [-0.4, -0.2) is 87.2 Å². The molecule has 178 valence electrons. The minimum Gasteiger partial charge on any atom is -0.387 e. The molecule has 1 saturated carbocycles. The summed E-state index contributed by atoms with van der Waals surface area (Å²) >= 11 is 6.01. The largest absolute Gasteiger partial charge is 0.387 e. The maximum absolute atomic E-state index is 11.8. The van der Waals surface area contributed by atoms with Crippen LogP contribution in [0.25, 0.3) is 11.2 Å². The van der Waals surface area contributed by atoms with E-state index in [0.717, 1.165) is 17.5 Å². The zero-order valence-electron chi connectivity index (χ0n) is 16.3. The summed E-state index contributed by atoms with van der Waals surface area (Å²) in [6.45, 7) is -0.0507. The van der Waals surface area contributed by atoms with E-state index in [4.69, 9.17) is 26.1 Å². The average molecular weight is 515 g/mol. The zero-order chi connectivity index (χ0) is 23.3. The minimum absolute atomic E-state index is 0.106. The third-order valence-electron chi connectivity index (χ3n) is 4.93. The van der Waals surface area contributed by atoms with Crippen molar-refractivity contribution in [1.29, 1.82) is 0 Å². The number of halogens is 1. The molecular formula is C14H21ClN6O9P2. The third-order valence-corrected chi connectivity index (χ3v) is 8.56. The molecule has 6 N–H and O–H groups in total. The van der Waals surface area contributed by atoms with Crippen LogP contribution in [0.5, 0.6) is 0 Å². The number of fused-ring (bicyclic) bond motifs is 1. The highest BCUT2D eigenvalue weighted by Crippen LogP contribution is 2.55. The number of ether oxygens (including phenoxy) is 1. The van der Waals surface area contributed by atoms with E-state index in [9.17, 15) is 24.2 Å². The van der Waals surface area contributed by atoms with Crippen molar-refractivity contribution >= 4 is 43.8 Å². The molecule has 4 rings (SSSR count). The van der Waals surface area contributed by atoms with Crippen LogP contribution < -0.4 is 5.32 Å². The first kappa shape index (κ1) is 23.9. The van der Waals surface area contributed by atoms with E-state index >= 15 is 0 Å². The molecule has 2 aromatic heterocycles. The van der Waals surface area contributed by atoms with E-state index in [2.05, 4.69) is 30.1 Å². The first-order chi connectivity index (χ1) is 14.9. The fraction of sp³-hybridized carbons (Fsp3) is 0.714. The van der Waals surface area contributed by atoms with Gasteiger partial charge < -0.3 is 39.5 Å². The summed E-state index contributed by atoms with van der Waals surface area (Å²) in [6, 6.07) is 0. The van der Waals surface area contributed by atoms with Crippen LogP contribution in [0.4, 0.5) is 5.82 Å². The molecule has 1 saturated heterocycles. The van der Waals surface area contributed by atoms with Crippen LogP contribution in [0.3, 0.4) is 0 Å². The lowest BCUT2D eigenvalue weighted by molar-refractivity contribution is -0.0549. The highest BCUT2D eigenvalue weighted by atomic mass is 35.5. The van der Waals surface area contributed by atoms with Crippen molar-refractivity contribution in [3.05, 3.63) is 5.28 Å². The van der Waals surface area contributed by atoms with Crippen molar-refractivity contribution in [2.24, 2.45) is 5.92 Å². The molecule has 2 aromatic rings. The lowest BCUT2D eigenvalue weighted by atomic mass is 10.1. The molecule has 1 aliphatic heterocycles. The summed E-state index contributed by atoms with van der Waals surface area (Å²) in [5.74, 6) is -0.503. The number of aromatic nitrogens is 5. The molecule has 2 aliphatic rings. The topological polar surface area (TPSA) is 222 Å². The molecule has 15 nitrogen and oxygen atoms in total. The monoisotopic (exact) mass is 514 g/mol. The molecule has 32 heavy (non-hydrogen) atoms. The molecule has 0 spiro atoms. The van der Waals surface area contributed by atoms with Crippen LogP contribution in [0.2, 0.25) is 5.28 Å². The smallest absolute Gasteiger partial charge is 0.340 e. The molecule has 2 fully saturated rings. The molecule has 0 aromatic carbocycles. The molecule has 3 heterocycles. The fourth-order valence-corrected chi connectivity index (χ4v) is 5.93. The van der Waals surface area contributed by atoms with Gasteiger partial charge in [-0.25, -0.2) is 0 Å². The van der Waals surface area contributed by atoms with E-state index in [1.807, 2.05) is 0 Å². The Morgan fingerprint density at radius 3 is 2.56 bits per heavy atom. The minimum atomic E-state index is -4.82. The lowest BCUT2D eigenvalue weighted by Gasteiger charge is -2.18. The van der Waals surface area contributed by atoms with E-state index in [1.165, 1.54) is 0 Å². The summed E-state index contributed by atoms with van der Waals surface area (Å²) in [7, 11) is -9.49. The number of rotatable bonds is 9. The van der Waals surface area contributed by atoms with Crippen molar-refractivity contribution in [2.45, 2.75) is 37.4 Å². The Kier molecular flexibility index (Phi) is 6.60. The fourth-order valence-electron chi connectivity index (χ4n) is 3.19. The summed E-state index contributed by atoms with van der Waals surface area (Å²) in [5.41, 5.74) is 0.386. The van der Waals surface area contributed by atoms with Crippen LogP contribution in [0.15, 0.2) is 0 Å². The molecule has 0 amide bonds. The van der Waals surface area contributed by atoms with Crippen molar-refractivity contribution in [2.75, 3.05) is 24.4 Å². The lowest BCUT2D eigenvalue weighted by Crippen LogP contribution is -2.33. The number of aliphatic hydroxyl groups excluding tert-OH is 2. The van der Waals surface area contributed by atoms with Gasteiger partial charge in [0.15, 0.2) is 29.1 Å². The van der Waals surface area contributed by atoms with Crippen molar-refractivity contribution in [3.8, 4) is 0 Å². The van der Waals surface area contributed by atoms with Crippen molar-refractivity contribution < 1.29 is 43.3 Å². The Morgan fingerprint density at radius 1 is 1.19 bits per heavy atom. The standard InChI is InChI=1S/C14H21ClN6O9P2/c15-14-17-11(16-3-6-1-2-6)8-12(18-14)21(20-19-8)13-10(23)9(22)7(30-13)4-29-32(27,28)5-31(24,25)26/h6-7,9-10,13,22-23H,1-5H2,(H,27,28)(H,16,17,18)(H2,24,25,26)/t7-,9-,10-,13-/m1/s1. The van der Waals surface area contributed by atoms with Crippen LogP contribution in [0.1, 0.15) is 19.1 Å². The van der Waals surface area contributed by atoms with Gasteiger partial charge in [-0.3, -0.25) is 9.13 Å². The van der Waals surface area contributed by atoms with Gasteiger partial charge in [0, 0.05) is 6.54 Å². The molecular weight excluding hydrogens is 494 g/mol. The quantitative estimate of drug-likeness (QED) is 0.186. The highest BCUT2D eigenvalue weighted by molar-refractivity contribution is 7.70. The summed E-state index contributed by atoms with van der Waals surface area (Å²) in [6.07, 6.45) is -3.51. The first-order valence-corrected chi connectivity index (χ1v) is 13.4. The van der Waals surface area contributed by atoms with Gasteiger partial charge in [-0.2, -0.15) is 14.6 Å². The molecule has 1 unspecified atom stereocenters. The average Bonchev–Trinajstić information content (AvgIpc) is 3.35. The Morgan fingerprint density at radius 2 is 1.91 bits per heavy atom. The van der Waals surface area contributed by atoms with Crippen molar-refractivity contribution in [1.82, 2.24) is 25.0 Å². The van der Waals surface area contributed by atoms with E-state index in [1.54, 1.807) is 0 Å². The number of nitrogens with one attached hydrogen (secondary N) is 1. The molecule has 5 atom stereocenters. The van der Waals surface area contributed by atoms with E-state index < -0.39 is 52.2 Å². The van der Waals surface area contributed by atoms with Gasteiger partial charge in [-0.1, -0.05) is 5.21 Å². The Balaban J connectivity index is 1.51. The number of hydrogen-bond donors (Lipinski definition) is 6. The number of aliphatic hydroxyl groups is 2. The van der Waals surface area contributed by atoms with Crippen LogP contribution in [0, 0.1) is 5.92 Å². The summed E-state index contributed by atoms with van der Waals surface area (Å²) < 4.78 is 34.1. The number of anilines is 1. The SMILES string of the molecule is O=P(O)(O)CP(=O)(O)OC[C@H]1O[C@@H](n2nnc3c(NCC4CC4)nc(Cl)nc32)[C@H](O)[C@@H]1O. The maximum atomic E-state index is 11.8. The van der Waals surface area contributed by atoms with E-state index in [0.29, 0.717) is 18.3 Å². The second-order valence-electron chi connectivity index (χ2n) is 7.66. The molecule has 18 heteroatoms. The number of nitrogens with zero attached hydrogens (tertiary/aromatic N) is 5. The van der Waals surface area contributed by atoms with Crippen LogP contribution in [-0.2, 0) is 18.4 Å². The second-order valence-corrected chi connectivity index (χ2v) is 12.0. The normalized spacial score (nSPS) is 28.2. The Labute approximate surface area is 185 Å². The predicted molar refractivity (Wildman–Crippen MR) is 108 cm³/mol. The highest BCUT2D eigenvalue weighted by Gasteiger charge is 2.46. The molecule has 0 radical (unpaired) electrons. The summed E-state index contributed by atoms with van der Waals surface area (Å²) in [5, 5.41) is 31.7. The zero-order valence-corrected chi connectivity index (χ0v) is 18.8.